The maximum Gasteiger partial charge on any atom is 0.584 e. The summed E-state index contributed by atoms with van der Waals surface area (Å²) in [4.78, 5) is 22.3. The van der Waals surface area contributed by atoms with Crippen molar-refractivity contribution >= 4 is 13.6 Å². The Balaban J connectivity index is 1.54. The molecule has 0 spiro atoms. The lowest BCUT2D eigenvalue weighted by Crippen LogP contribution is -2.02. The number of benzene rings is 3. The van der Waals surface area contributed by atoms with Crippen molar-refractivity contribution in [2.75, 3.05) is 0 Å². The number of Topliss-reactive ketones (excluding diaryl/α,β-unsaturated/α-hetero) is 1. The number of rotatable bonds is 10. The van der Waals surface area contributed by atoms with Gasteiger partial charge in [0.15, 0.2) is 5.78 Å². The molecule has 2 atom stereocenters. The first kappa shape index (κ1) is 22.8. The number of carbonyl (C=O) groups is 1. The molecule has 0 amide bonds. The molecule has 6 heteroatoms. The predicted molar refractivity (Wildman–Crippen MR) is 122 cm³/mol. The lowest BCUT2D eigenvalue weighted by molar-refractivity contribution is 0.0983. The number of aryl methyl sites for hydroxylation is 1. The van der Waals surface area contributed by atoms with Gasteiger partial charge in [0, 0.05) is 12.0 Å². The zero-order chi connectivity index (χ0) is 22.3. The van der Waals surface area contributed by atoms with Crippen LogP contribution in [0.5, 0.6) is 11.5 Å². The van der Waals surface area contributed by atoms with Gasteiger partial charge >= 0.3 is 7.82 Å². The van der Waals surface area contributed by atoms with Crippen molar-refractivity contribution in [3.8, 4) is 11.5 Å². The second-order valence-electron chi connectivity index (χ2n) is 7.46. The molecule has 0 aromatic heterocycles. The molecule has 2 unspecified atom stereocenters. The smallest absolute Gasteiger partial charge is 0.395 e. The van der Waals surface area contributed by atoms with Gasteiger partial charge in [-0.05, 0) is 54.2 Å². The number of phosphoric ester groups is 1. The molecule has 0 aliphatic rings. The van der Waals surface area contributed by atoms with Gasteiger partial charge in [-0.25, -0.2) is 4.57 Å². The van der Waals surface area contributed by atoms with Crippen molar-refractivity contribution in [2.45, 2.75) is 39.0 Å². The fourth-order valence-corrected chi connectivity index (χ4v) is 3.93. The van der Waals surface area contributed by atoms with Gasteiger partial charge in [-0.3, -0.25) is 9.69 Å². The molecule has 0 heterocycles. The maximum absolute atomic E-state index is 12.4. The van der Waals surface area contributed by atoms with Crippen molar-refractivity contribution in [3.63, 3.8) is 0 Å². The normalized spacial score (nSPS) is 13.8. The van der Waals surface area contributed by atoms with Gasteiger partial charge in [0.1, 0.15) is 11.5 Å². The molecule has 0 fully saturated rings. The molecule has 0 aliphatic heterocycles. The van der Waals surface area contributed by atoms with E-state index in [4.69, 9.17) is 9.05 Å². The fraction of sp³-hybridized carbons (Fsp3) is 0.240. The van der Waals surface area contributed by atoms with E-state index in [0.29, 0.717) is 24.3 Å². The van der Waals surface area contributed by atoms with Crippen LogP contribution in [0, 0.1) is 0 Å². The molecule has 162 valence electrons. The molecule has 0 saturated heterocycles. The summed E-state index contributed by atoms with van der Waals surface area (Å²) in [5, 5.41) is 0. The zero-order valence-electron chi connectivity index (χ0n) is 17.7. The topological polar surface area (TPSA) is 72.8 Å². The second-order valence-corrected chi connectivity index (χ2v) is 8.76. The van der Waals surface area contributed by atoms with Gasteiger partial charge < -0.3 is 9.05 Å². The third-order valence-electron chi connectivity index (χ3n) is 5.16. The minimum Gasteiger partial charge on any atom is -0.395 e. The summed E-state index contributed by atoms with van der Waals surface area (Å²) in [7, 11) is -4.32. The van der Waals surface area contributed by atoms with Crippen LogP contribution < -0.4 is 9.05 Å². The molecule has 0 radical (unpaired) electrons. The lowest BCUT2D eigenvalue weighted by atomic mass is 9.99. The molecule has 3 rings (SSSR count). The van der Waals surface area contributed by atoms with Crippen LogP contribution in [0.1, 0.15) is 54.1 Å². The average Bonchev–Trinajstić information content (AvgIpc) is 2.78. The highest BCUT2D eigenvalue weighted by Crippen LogP contribution is 2.44. The number of hydrogen-bond acceptors (Lipinski definition) is 4. The molecule has 3 aromatic rings. The van der Waals surface area contributed by atoms with E-state index in [1.807, 2.05) is 30.3 Å². The van der Waals surface area contributed by atoms with Gasteiger partial charge in [0.05, 0.1) is 0 Å². The second kappa shape index (κ2) is 10.4. The van der Waals surface area contributed by atoms with E-state index < -0.39 is 7.82 Å². The van der Waals surface area contributed by atoms with Gasteiger partial charge in [0.2, 0.25) is 0 Å². The number of ketones is 1. The first-order valence-electron chi connectivity index (χ1n) is 10.4. The molecule has 3 aromatic carbocycles. The van der Waals surface area contributed by atoms with Crippen LogP contribution >= 0.6 is 7.82 Å². The Morgan fingerprint density at radius 2 is 1.45 bits per heavy atom. The molecular formula is C25H27O5P. The van der Waals surface area contributed by atoms with E-state index in [1.165, 1.54) is 0 Å². The Labute approximate surface area is 183 Å². The summed E-state index contributed by atoms with van der Waals surface area (Å²) in [6, 6.07) is 23.0. The van der Waals surface area contributed by atoms with Crippen LogP contribution in [-0.2, 0) is 11.0 Å². The average molecular weight is 438 g/mol. The van der Waals surface area contributed by atoms with E-state index in [9.17, 15) is 14.3 Å². The van der Waals surface area contributed by atoms with Crippen LogP contribution in [0.15, 0.2) is 78.9 Å². The molecule has 0 bridgehead atoms. The summed E-state index contributed by atoms with van der Waals surface area (Å²) in [6.07, 6.45) is 1.97. The van der Waals surface area contributed by atoms with Crippen LogP contribution in [-0.4, -0.2) is 10.7 Å². The van der Waals surface area contributed by atoms with Gasteiger partial charge in [-0.15, -0.1) is 0 Å². The molecular weight excluding hydrogens is 411 g/mol. The Morgan fingerprint density at radius 3 is 2.00 bits per heavy atom. The van der Waals surface area contributed by atoms with Crippen LogP contribution in [0.4, 0.5) is 0 Å². The SMILES string of the molecule is CCC(C)c1ccc(OP(=O)(O)Oc2ccc(CCC(=O)c3ccccc3)cc2)cc1. The number of phosphoric acid groups is 1. The molecule has 5 nitrogen and oxygen atoms in total. The summed E-state index contributed by atoms with van der Waals surface area (Å²) in [5.74, 6) is 0.982. The lowest BCUT2D eigenvalue weighted by Gasteiger charge is -2.15. The third-order valence-corrected chi connectivity index (χ3v) is 6.05. The molecule has 0 aliphatic carbocycles. The monoisotopic (exact) mass is 438 g/mol. The summed E-state index contributed by atoms with van der Waals surface area (Å²) in [6.45, 7) is 4.23. The predicted octanol–water partition coefficient (Wildman–Crippen LogP) is 6.57. The van der Waals surface area contributed by atoms with Crippen molar-refractivity contribution in [1.29, 1.82) is 0 Å². The highest BCUT2D eigenvalue weighted by atomic mass is 31.2. The minimum atomic E-state index is -4.32. The van der Waals surface area contributed by atoms with Crippen molar-refractivity contribution in [3.05, 3.63) is 95.6 Å². The van der Waals surface area contributed by atoms with Crippen molar-refractivity contribution in [2.24, 2.45) is 0 Å². The quantitative estimate of drug-likeness (QED) is 0.286. The summed E-state index contributed by atoms with van der Waals surface area (Å²) >= 11 is 0. The Hall–Kier alpha value is -2.88. The van der Waals surface area contributed by atoms with Crippen LogP contribution in [0.3, 0.4) is 0 Å². The van der Waals surface area contributed by atoms with E-state index >= 15 is 0 Å². The van der Waals surface area contributed by atoms with Crippen LogP contribution in [0.2, 0.25) is 0 Å². The van der Waals surface area contributed by atoms with Gasteiger partial charge in [0.25, 0.3) is 0 Å². The molecule has 31 heavy (non-hydrogen) atoms. The Kier molecular flexibility index (Phi) is 7.67. The fourth-order valence-electron chi connectivity index (χ4n) is 3.12. The summed E-state index contributed by atoms with van der Waals surface area (Å²) in [5.41, 5.74) is 2.77. The van der Waals surface area contributed by atoms with Gasteiger partial charge in [-0.1, -0.05) is 68.4 Å². The highest BCUT2D eigenvalue weighted by molar-refractivity contribution is 7.48. The van der Waals surface area contributed by atoms with E-state index in [1.54, 1.807) is 48.5 Å². The Morgan fingerprint density at radius 1 is 0.903 bits per heavy atom. The summed E-state index contributed by atoms with van der Waals surface area (Å²) < 4.78 is 22.7. The van der Waals surface area contributed by atoms with E-state index in [0.717, 1.165) is 17.5 Å². The van der Waals surface area contributed by atoms with E-state index in [2.05, 4.69) is 13.8 Å². The largest absolute Gasteiger partial charge is 0.584 e. The zero-order valence-corrected chi connectivity index (χ0v) is 18.6. The highest BCUT2D eigenvalue weighted by Gasteiger charge is 2.25. The molecule has 1 N–H and O–H groups in total. The first-order chi connectivity index (χ1) is 14.9. The number of hydrogen-bond donors (Lipinski definition) is 1. The van der Waals surface area contributed by atoms with E-state index in [-0.39, 0.29) is 17.3 Å². The maximum atomic E-state index is 12.4. The third kappa shape index (κ3) is 6.81. The van der Waals surface area contributed by atoms with Gasteiger partial charge in [-0.2, -0.15) is 0 Å². The number of carbonyl (C=O) groups excluding carboxylic acids is 1. The van der Waals surface area contributed by atoms with Crippen molar-refractivity contribution < 1.29 is 23.3 Å². The first-order valence-corrected chi connectivity index (χ1v) is 11.8. The van der Waals surface area contributed by atoms with Crippen molar-refractivity contribution in [1.82, 2.24) is 0 Å². The van der Waals surface area contributed by atoms with Crippen LogP contribution in [0.25, 0.3) is 0 Å². The Bertz CT molecular complexity index is 1030. The minimum absolute atomic E-state index is 0.0773. The molecule has 0 saturated carbocycles. The standard InChI is InChI=1S/C25H27O5P/c1-3-19(2)21-12-16-24(17-13-21)30-31(27,28)29-23-14-9-20(10-15-23)11-18-25(26)22-7-5-4-6-8-22/h4-10,12-17,19H,3,11,18H2,1-2H3,(H,27,28).